The summed E-state index contributed by atoms with van der Waals surface area (Å²) < 4.78 is 128. The molecule has 0 aromatic heterocycles. The normalized spacial score (nSPS) is 27.1. The number of hydrogen-bond donors (Lipinski definition) is 1. The molecule has 0 radical (unpaired) electrons. The van der Waals surface area contributed by atoms with Gasteiger partial charge in [-0.15, -0.1) is 11.6 Å². The van der Waals surface area contributed by atoms with Crippen LogP contribution in [0.25, 0.3) is 0 Å². The van der Waals surface area contributed by atoms with Gasteiger partial charge in [0.15, 0.2) is 49.6 Å². The predicted octanol–water partition coefficient (Wildman–Crippen LogP) is 11.0. The summed E-state index contributed by atoms with van der Waals surface area (Å²) in [5.41, 5.74) is 3.91. The number of esters is 6. The number of benzene rings is 7. The number of methoxy groups -OCH3 is 1. The maximum atomic E-state index is 14.9. The van der Waals surface area contributed by atoms with Crippen molar-refractivity contribution in [1.82, 2.24) is 5.32 Å². The van der Waals surface area contributed by atoms with Gasteiger partial charge in [0.2, 0.25) is 5.91 Å². The van der Waals surface area contributed by atoms with Crippen LogP contribution in [0.3, 0.4) is 0 Å². The second-order valence-corrected chi connectivity index (χ2v) is 28.5. The lowest BCUT2D eigenvalue weighted by Gasteiger charge is -2.52. The van der Waals surface area contributed by atoms with Gasteiger partial charge in [0.25, 0.3) is 0 Å². The number of halogens is 1. The summed E-state index contributed by atoms with van der Waals surface area (Å²) in [5.74, 6) is -6.06. The smallest absolute Gasteiger partial charge is 0.338 e. The van der Waals surface area contributed by atoms with E-state index in [2.05, 4.69) is 5.32 Å². The molecule has 4 aliphatic rings. The molecule has 4 heterocycles. The number of rotatable bonds is 39. The van der Waals surface area contributed by atoms with Crippen LogP contribution in [-0.2, 0) is 147 Å². The molecule has 116 heavy (non-hydrogen) atoms. The van der Waals surface area contributed by atoms with Gasteiger partial charge in [0, 0.05) is 33.8 Å². The van der Waals surface area contributed by atoms with Gasteiger partial charge in [-0.3, -0.25) is 24.0 Å². The topological polar surface area (TPSA) is 307 Å². The van der Waals surface area contributed by atoms with E-state index >= 15 is 0 Å². The summed E-state index contributed by atoms with van der Waals surface area (Å²) >= 11 is 6.30. The molecular formula is C88H100ClNO26. The largest absolute Gasteiger partial charge is 0.469 e. The Bertz CT molecular complexity index is 4170. The zero-order valence-electron chi connectivity index (χ0n) is 65.4. The van der Waals surface area contributed by atoms with Crippen molar-refractivity contribution in [2.24, 2.45) is 0 Å². The second kappa shape index (κ2) is 44.8. The third-order valence-corrected chi connectivity index (χ3v) is 19.9. The highest BCUT2D eigenvalue weighted by atomic mass is 35.5. The molecule has 7 aromatic rings. The van der Waals surface area contributed by atoms with Gasteiger partial charge < -0.3 is 95.3 Å². The van der Waals surface area contributed by atoms with Crippen molar-refractivity contribution >= 4 is 53.3 Å². The van der Waals surface area contributed by atoms with Crippen molar-refractivity contribution in [2.75, 3.05) is 32.8 Å². The Balaban J connectivity index is 1.08. The van der Waals surface area contributed by atoms with Crippen molar-refractivity contribution in [1.29, 1.82) is 0 Å². The Morgan fingerprint density at radius 2 is 0.793 bits per heavy atom. The van der Waals surface area contributed by atoms with Crippen molar-refractivity contribution in [3.63, 3.8) is 0 Å². The lowest BCUT2D eigenvalue weighted by molar-refractivity contribution is -0.392. The molecule has 4 fully saturated rings. The molecule has 1 amide bonds. The molecule has 11 rings (SSSR count). The van der Waals surface area contributed by atoms with Gasteiger partial charge in [0.05, 0.1) is 70.1 Å². The molecule has 4 aliphatic heterocycles. The van der Waals surface area contributed by atoms with Crippen LogP contribution in [0.1, 0.15) is 109 Å². The maximum Gasteiger partial charge on any atom is 0.338 e. The number of amides is 1. The molecule has 0 bridgehead atoms. The summed E-state index contributed by atoms with van der Waals surface area (Å²) in [4.78, 5) is 97.6. The minimum Gasteiger partial charge on any atom is -0.469 e. The Labute approximate surface area is 679 Å². The van der Waals surface area contributed by atoms with E-state index in [4.69, 9.17) is 102 Å². The first-order chi connectivity index (χ1) is 56.4. The fraction of sp³-hybridized carbons (Fsp3) is 0.443. The molecule has 4 saturated heterocycles. The molecule has 27 nitrogen and oxygen atoms in total. The van der Waals surface area contributed by atoms with Crippen molar-refractivity contribution in [3.8, 4) is 0 Å². The third kappa shape index (κ3) is 25.3. The quantitative estimate of drug-likeness (QED) is 0.0162. The van der Waals surface area contributed by atoms with Gasteiger partial charge in [-0.1, -0.05) is 194 Å². The van der Waals surface area contributed by atoms with Gasteiger partial charge >= 0.3 is 35.8 Å². The average Bonchev–Trinajstić information content (AvgIpc) is 0.757. The van der Waals surface area contributed by atoms with Crippen LogP contribution in [0.4, 0.5) is 0 Å². The maximum absolute atomic E-state index is 14.9. The van der Waals surface area contributed by atoms with Crippen molar-refractivity contribution < 1.29 is 124 Å². The Morgan fingerprint density at radius 1 is 0.371 bits per heavy atom. The Kier molecular flexibility index (Phi) is 33.8. The summed E-state index contributed by atoms with van der Waals surface area (Å²) in [7, 11) is 1.32. The molecule has 20 atom stereocenters. The van der Waals surface area contributed by atoms with Gasteiger partial charge in [-0.05, 0) is 78.8 Å². The fourth-order valence-electron chi connectivity index (χ4n) is 14.0. The standard InChI is InChI=1S/C88H100ClNO26/c1-55-73(103-50-62-35-19-9-20-36-62)79(81(112-83(96)65-41-25-12-26-42-65)86(106-55)100-46-30-14-29-45-69(94)98-6)115-85-71(90-57(3)91)76(75(108-59(5)93)68(109-85)54-101-58(4)92)114-88-80(77(105-52-64-39-23-11-24-40-64)74(104-51-63-37-21-10-22-38-63)67(110-88)53-99-48-60-31-15-7-16-32-60)116-87-82(113-84(97)66-43-27-13-28-44-66)78(111-70(95)47-89)72(56(2)107-87)102-49-61-33-17-8-18-34-61/h7-13,15-28,31-44,55-56,67-68,71-82,85-88H,14,29-30,45-54H2,1-6H3,(H,90,91)/t55-,56-,67+,68+,71+,72-,73-,74-,75+,76+,77-,78+,79+,80+,81+,82+,85+,86+,87-,88+/m0/s1. The van der Waals surface area contributed by atoms with E-state index in [1.807, 2.05) is 152 Å². The number of alkyl halides is 1. The van der Waals surface area contributed by atoms with Crippen LogP contribution in [0.5, 0.6) is 0 Å². The Morgan fingerprint density at radius 3 is 1.28 bits per heavy atom. The van der Waals surface area contributed by atoms with Crippen LogP contribution >= 0.6 is 11.6 Å². The van der Waals surface area contributed by atoms with Crippen LogP contribution in [0.2, 0.25) is 0 Å². The first-order valence-corrected chi connectivity index (χ1v) is 39.3. The summed E-state index contributed by atoms with van der Waals surface area (Å²) in [5, 5.41) is 2.98. The highest BCUT2D eigenvalue weighted by Gasteiger charge is 2.60. The summed E-state index contributed by atoms with van der Waals surface area (Å²) in [6.07, 6.45) is -26.9. The average molecular weight is 1620 g/mol. The van der Waals surface area contributed by atoms with E-state index in [1.165, 1.54) is 26.2 Å². The van der Waals surface area contributed by atoms with Crippen molar-refractivity contribution in [2.45, 2.75) is 216 Å². The van der Waals surface area contributed by atoms with Crippen LogP contribution in [0, 0.1) is 0 Å². The molecule has 1 N–H and O–H groups in total. The number of hydrogen-bond acceptors (Lipinski definition) is 26. The van der Waals surface area contributed by atoms with E-state index in [-0.39, 0.29) is 69.8 Å². The van der Waals surface area contributed by atoms with Crippen molar-refractivity contribution in [3.05, 3.63) is 251 Å². The van der Waals surface area contributed by atoms with Crippen LogP contribution in [0.15, 0.2) is 212 Å². The molecule has 0 spiro atoms. The predicted molar refractivity (Wildman–Crippen MR) is 415 cm³/mol. The van der Waals surface area contributed by atoms with E-state index in [0.29, 0.717) is 24.8 Å². The van der Waals surface area contributed by atoms with E-state index in [0.717, 1.165) is 36.1 Å². The molecule has 0 unspecified atom stereocenters. The first kappa shape index (κ1) is 87.4. The monoisotopic (exact) mass is 1620 g/mol. The molecule has 0 saturated carbocycles. The number of carbonyl (C=O) groups is 7. The van der Waals surface area contributed by atoms with Gasteiger partial charge in [-0.25, -0.2) is 9.59 Å². The minimum absolute atomic E-state index is 0.0269. The molecular weight excluding hydrogens is 1520 g/mol. The highest BCUT2D eigenvalue weighted by Crippen LogP contribution is 2.41. The van der Waals surface area contributed by atoms with E-state index in [1.54, 1.807) is 62.4 Å². The minimum atomic E-state index is -1.90. The highest BCUT2D eigenvalue weighted by molar-refractivity contribution is 6.26. The van der Waals surface area contributed by atoms with Crippen LogP contribution in [-0.4, -0.2) is 197 Å². The fourth-order valence-corrected chi connectivity index (χ4v) is 14.1. The number of ether oxygens (including phenoxy) is 19. The SMILES string of the molecule is COC(=O)CCCCCO[C@@H]1O[C@@H](C)[C@H](OCc2ccccc2)[C@@H](O[C@H]2O[C@H](COC(C)=O)[C@@H](OC(C)=O)[C@H](O[C@H]3O[C@H](COCc4ccccc4)[C@H](OCc4ccccc4)[C@H](OCc4ccccc4)[C@H]3O[C@@H]3O[C@@H](C)[C@H](OCc4ccccc4)[C@@H](OC(=O)CCl)[C@H]3OC(=O)c3ccccc3)[C@H]2NC(C)=O)[C@H]1OC(=O)c1ccccc1. The number of carbonyl (C=O) groups excluding carboxylic acids is 7. The van der Waals surface area contributed by atoms with E-state index < -0.39 is 171 Å². The first-order valence-electron chi connectivity index (χ1n) is 38.8. The zero-order valence-corrected chi connectivity index (χ0v) is 66.2. The lowest BCUT2D eigenvalue weighted by atomic mass is 9.93. The summed E-state index contributed by atoms with van der Waals surface area (Å²) in [6.45, 7) is 5.78. The Hall–Kier alpha value is -9.40. The lowest BCUT2D eigenvalue weighted by Crippen LogP contribution is -2.71. The molecule has 28 heteroatoms. The number of unbranched alkanes of at least 4 members (excludes halogenated alkanes) is 2. The van der Waals surface area contributed by atoms with Gasteiger partial charge in [-0.2, -0.15) is 0 Å². The van der Waals surface area contributed by atoms with Crippen LogP contribution < -0.4 is 5.32 Å². The number of nitrogens with one attached hydrogen (secondary N) is 1. The second-order valence-electron chi connectivity index (χ2n) is 28.3. The van der Waals surface area contributed by atoms with E-state index in [9.17, 15) is 33.6 Å². The van der Waals surface area contributed by atoms with Gasteiger partial charge in [0.1, 0.15) is 73.5 Å². The zero-order chi connectivity index (χ0) is 81.7. The molecule has 0 aliphatic carbocycles. The summed E-state index contributed by atoms with van der Waals surface area (Å²) in [6, 6.07) is 60.8. The molecule has 620 valence electrons. The third-order valence-electron chi connectivity index (χ3n) is 19.6. The molecule has 7 aromatic carbocycles.